The summed E-state index contributed by atoms with van der Waals surface area (Å²) in [5.74, 6) is -1.55. The van der Waals surface area contributed by atoms with Gasteiger partial charge < -0.3 is 10.4 Å². The van der Waals surface area contributed by atoms with Crippen LogP contribution in [0.15, 0.2) is 12.4 Å². The SMILES string of the molecule is NS(=O)(=O)CCNc1nccnc1C(=O)O. The van der Waals surface area contributed by atoms with Crippen molar-refractivity contribution in [2.24, 2.45) is 5.14 Å². The Morgan fingerprint density at radius 3 is 2.62 bits per heavy atom. The van der Waals surface area contributed by atoms with Crippen molar-refractivity contribution in [3.8, 4) is 0 Å². The predicted molar refractivity (Wildman–Crippen MR) is 55.5 cm³/mol. The smallest absolute Gasteiger partial charge is 0.358 e. The molecule has 4 N–H and O–H groups in total. The molecule has 1 heterocycles. The van der Waals surface area contributed by atoms with Crippen LogP contribution in [0.1, 0.15) is 10.5 Å². The highest BCUT2D eigenvalue weighted by Crippen LogP contribution is 2.07. The van der Waals surface area contributed by atoms with E-state index in [1.54, 1.807) is 0 Å². The van der Waals surface area contributed by atoms with Gasteiger partial charge in [0.05, 0.1) is 5.75 Å². The van der Waals surface area contributed by atoms with E-state index in [9.17, 15) is 13.2 Å². The predicted octanol–water partition coefficient (Wildman–Crippen LogP) is -1.12. The molecule has 0 radical (unpaired) electrons. The third kappa shape index (κ3) is 3.79. The van der Waals surface area contributed by atoms with Gasteiger partial charge in [0.15, 0.2) is 11.5 Å². The molecule has 0 aliphatic carbocycles. The molecule has 88 valence electrons. The zero-order valence-corrected chi connectivity index (χ0v) is 8.94. The molecule has 1 aromatic heterocycles. The molecule has 0 amide bonds. The van der Waals surface area contributed by atoms with Gasteiger partial charge >= 0.3 is 5.97 Å². The number of anilines is 1. The molecule has 0 aromatic carbocycles. The van der Waals surface area contributed by atoms with E-state index in [4.69, 9.17) is 10.2 Å². The second kappa shape index (κ2) is 4.86. The van der Waals surface area contributed by atoms with Crippen LogP contribution in [-0.4, -0.2) is 41.8 Å². The summed E-state index contributed by atoms with van der Waals surface area (Å²) >= 11 is 0. The standard InChI is InChI=1S/C7H10N4O4S/c8-16(14,15)4-3-11-6-5(7(12)13)9-1-2-10-6/h1-2H,3-4H2,(H,10,11)(H,12,13)(H2,8,14,15). The molecule has 16 heavy (non-hydrogen) atoms. The van der Waals surface area contributed by atoms with E-state index >= 15 is 0 Å². The maximum absolute atomic E-state index is 10.7. The highest BCUT2D eigenvalue weighted by atomic mass is 32.2. The summed E-state index contributed by atoms with van der Waals surface area (Å²) < 4.78 is 21.3. The summed E-state index contributed by atoms with van der Waals surface area (Å²) in [5.41, 5.74) is -0.267. The summed E-state index contributed by atoms with van der Waals surface area (Å²) in [4.78, 5) is 18.0. The maximum Gasteiger partial charge on any atom is 0.358 e. The van der Waals surface area contributed by atoms with E-state index < -0.39 is 16.0 Å². The lowest BCUT2D eigenvalue weighted by atomic mass is 10.4. The molecule has 0 saturated carbocycles. The normalized spacial score (nSPS) is 11.1. The molecule has 0 aliphatic rings. The number of nitrogens with one attached hydrogen (secondary N) is 1. The minimum absolute atomic E-state index is 0.0126. The molecule has 8 nitrogen and oxygen atoms in total. The van der Waals surface area contributed by atoms with Gasteiger partial charge in [0.1, 0.15) is 0 Å². The van der Waals surface area contributed by atoms with Crippen LogP contribution < -0.4 is 10.5 Å². The number of sulfonamides is 1. The van der Waals surface area contributed by atoms with Gasteiger partial charge in [0.2, 0.25) is 10.0 Å². The second-order valence-corrected chi connectivity index (χ2v) is 4.59. The van der Waals surface area contributed by atoms with Crippen LogP contribution >= 0.6 is 0 Å². The summed E-state index contributed by atoms with van der Waals surface area (Å²) in [6.07, 6.45) is 2.53. The zero-order valence-electron chi connectivity index (χ0n) is 8.12. The number of hydrogen-bond donors (Lipinski definition) is 3. The minimum atomic E-state index is -3.59. The Labute approximate surface area is 91.6 Å². The van der Waals surface area contributed by atoms with E-state index in [0.29, 0.717) is 0 Å². The number of nitrogens with two attached hydrogens (primary N) is 1. The first-order valence-corrected chi connectivity index (χ1v) is 5.90. The van der Waals surface area contributed by atoms with E-state index in [1.165, 1.54) is 12.4 Å². The van der Waals surface area contributed by atoms with E-state index in [-0.39, 0.29) is 23.8 Å². The van der Waals surface area contributed by atoms with Crippen LogP contribution in [0.3, 0.4) is 0 Å². The molecule has 0 saturated heterocycles. The fraction of sp³-hybridized carbons (Fsp3) is 0.286. The summed E-state index contributed by atoms with van der Waals surface area (Å²) in [5, 5.41) is 16.1. The summed E-state index contributed by atoms with van der Waals surface area (Å²) in [6, 6.07) is 0. The Hall–Kier alpha value is -1.74. The topological polar surface area (TPSA) is 135 Å². The van der Waals surface area contributed by atoms with E-state index in [1.807, 2.05) is 0 Å². The van der Waals surface area contributed by atoms with Crippen molar-refractivity contribution in [1.29, 1.82) is 0 Å². The number of aromatic carboxylic acids is 1. The van der Waals surface area contributed by atoms with Gasteiger partial charge in [0.25, 0.3) is 0 Å². The number of rotatable bonds is 5. The minimum Gasteiger partial charge on any atom is -0.476 e. The lowest BCUT2D eigenvalue weighted by Crippen LogP contribution is -2.23. The number of carboxylic acids is 1. The third-order valence-corrected chi connectivity index (χ3v) is 2.35. The average Bonchev–Trinajstić information content (AvgIpc) is 2.16. The molecular formula is C7H10N4O4S. The largest absolute Gasteiger partial charge is 0.476 e. The Balaban J connectivity index is 2.71. The van der Waals surface area contributed by atoms with Gasteiger partial charge in [-0.25, -0.2) is 28.3 Å². The first-order chi connectivity index (χ1) is 7.40. The van der Waals surface area contributed by atoms with Crippen LogP contribution in [0.25, 0.3) is 0 Å². The first kappa shape index (κ1) is 12.3. The second-order valence-electron chi connectivity index (χ2n) is 2.85. The van der Waals surface area contributed by atoms with Gasteiger partial charge in [0, 0.05) is 18.9 Å². The highest BCUT2D eigenvalue weighted by Gasteiger charge is 2.12. The number of carbonyl (C=O) groups is 1. The van der Waals surface area contributed by atoms with Crippen molar-refractivity contribution in [2.75, 3.05) is 17.6 Å². The van der Waals surface area contributed by atoms with Crippen LogP contribution in [0.2, 0.25) is 0 Å². The molecule has 0 aliphatic heterocycles. The van der Waals surface area contributed by atoms with Gasteiger partial charge in [-0.05, 0) is 0 Å². The molecule has 1 rings (SSSR count). The number of aromatic nitrogens is 2. The molecule has 9 heteroatoms. The number of hydrogen-bond acceptors (Lipinski definition) is 6. The molecular weight excluding hydrogens is 236 g/mol. The number of primary sulfonamides is 1. The molecule has 0 bridgehead atoms. The van der Waals surface area contributed by atoms with E-state index in [0.717, 1.165) is 0 Å². The monoisotopic (exact) mass is 246 g/mol. The summed E-state index contributed by atoms with van der Waals surface area (Å²) in [7, 11) is -3.59. The highest BCUT2D eigenvalue weighted by molar-refractivity contribution is 7.89. The van der Waals surface area contributed by atoms with Gasteiger partial charge in [-0.3, -0.25) is 0 Å². The number of nitrogens with zero attached hydrogens (tertiary/aromatic N) is 2. The lowest BCUT2D eigenvalue weighted by molar-refractivity contribution is 0.0691. The first-order valence-electron chi connectivity index (χ1n) is 4.19. The fourth-order valence-corrected chi connectivity index (χ4v) is 1.32. The van der Waals surface area contributed by atoms with Crippen molar-refractivity contribution in [3.05, 3.63) is 18.1 Å². The van der Waals surface area contributed by atoms with Gasteiger partial charge in [-0.1, -0.05) is 0 Å². The van der Waals surface area contributed by atoms with Crippen LogP contribution in [0.5, 0.6) is 0 Å². The average molecular weight is 246 g/mol. The van der Waals surface area contributed by atoms with Crippen molar-refractivity contribution in [1.82, 2.24) is 9.97 Å². The summed E-state index contributed by atoms with van der Waals surface area (Å²) in [6.45, 7) is -0.0300. The molecule has 0 fully saturated rings. The van der Waals surface area contributed by atoms with E-state index in [2.05, 4.69) is 15.3 Å². The van der Waals surface area contributed by atoms with Crippen LogP contribution in [0.4, 0.5) is 5.82 Å². The van der Waals surface area contributed by atoms with Crippen molar-refractivity contribution < 1.29 is 18.3 Å². The Morgan fingerprint density at radius 1 is 1.44 bits per heavy atom. The Morgan fingerprint density at radius 2 is 2.06 bits per heavy atom. The van der Waals surface area contributed by atoms with Crippen LogP contribution in [-0.2, 0) is 10.0 Å². The van der Waals surface area contributed by atoms with Gasteiger partial charge in [-0.2, -0.15) is 0 Å². The zero-order chi connectivity index (χ0) is 12.2. The van der Waals surface area contributed by atoms with Crippen LogP contribution in [0, 0.1) is 0 Å². The van der Waals surface area contributed by atoms with Crippen molar-refractivity contribution in [3.63, 3.8) is 0 Å². The fourth-order valence-electron chi connectivity index (χ4n) is 0.936. The number of carboxylic acid groups (broad SMARTS) is 1. The Bertz CT molecular complexity index is 487. The third-order valence-electron chi connectivity index (χ3n) is 1.58. The van der Waals surface area contributed by atoms with Gasteiger partial charge in [-0.15, -0.1) is 0 Å². The molecule has 0 spiro atoms. The lowest BCUT2D eigenvalue weighted by Gasteiger charge is -2.05. The van der Waals surface area contributed by atoms with Crippen molar-refractivity contribution in [2.45, 2.75) is 0 Å². The molecule has 0 unspecified atom stereocenters. The maximum atomic E-state index is 10.7. The molecule has 0 atom stereocenters. The quantitative estimate of drug-likeness (QED) is 0.598. The van der Waals surface area contributed by atoms with Crippen molar-refractivity contribution >= 4 is 21.8 Å². The Kier molecular flexibility index (Phi) is 3.74. The molecule has 1 aromatic rings.